The second kappa shape index (κ2) is 2.75. The average molecular weight is 121 g/mol. The molecule has 7 heteroatoms. The molecule has 0 unspecified atom stereocenters. The van der Waals surface area contributed by atoms with E-state index < -0.39 is 11.1 Å². The minimum Gasteiger partial charge on any atom is -0.287 e. The number of nitrogens with one attached hydrogen (secondary N) is 2. The zero-order valence-electron chi connectivity index (χ0n) is 3.62. The molecular formula is CH3N3O4. The first-order chi connectivity index (χ1) is 3.66. The zero-order chi connectivity index (χ0) is 6.57. The maximum atomic E-state index is 9.71. The summed E-state index contributed by atoms with van der Waals surface area (Å²) in [7, 11) is 0. The first-order valence-corrected chi connectivity index (χ1v) is 1.52. The Morgan fingerprint density at radius 2 is 2.25 bits per heavy atom. The molecule has 46 valence electrons. The molecule has 0 rings (SSSR count). The summed E-state index contributed by atoms with van der Waals surface area (Å²) in [6, 6.07) is -1.27. The van der Waals surface area contributed by atoms with Crippen molar-refractivity contribution in [1.29, 1.82) is 0 Å². The summed E-state index contributed by atoms with van der Waals surface area (Å²) in [6.45, 7) is 0. The van der Waals surface area contributed by atoms with Crippen molar-refractivity contribution < 1.29 is 15.0 Å². The maximum absolute atomic E-state index is 9.71. The number of rotatable bonds is 1. The van der Waals surface area contributed by atoms with Crippen LogP contribution in [0, 0.1) is 10.1 Å². The molecule has 0 radical (unpaired) electrons. The summed E-state index contributed by atoms with van der Waals surface area (Å²) >= 11 is 0. The summed E-state index contributed by atoms with van der Waals surface area (Å²) in [5.41, 5.74) is 2.12. The highest BCUT2D eigenvalue weighted by Gasteiger charge is 2.01. The Balaban J connectivity index is 3.40. The van der Waals surface area contributed by atoms with Gasteiger partial charge in [-0.2, -0.15) is 0 Å². The van der Waals surface area contributed by atoms with Gasteiger partial charge in [0.15, 0.2) is 5.03 Å². The van der Waals surface area contributed by atoms with E-state index in [4.69, 9.17) is 5.21 Å². The van der Waals surface area contributed by atoms with Gasteiger partial charge in [0.25, 0.3) is 0 Å². The second-order valence-corrected chi connectivity index (χ2v) is 0.810. The fourth-order valence-electron chi connectivity index (χ4n) is 0.108. The Morgan fingerprint density at radius 1 is 1.75 bits per heavy atom. The number of hydrogen-bond acceptors (Lipinski definition) is 4. The summed E-state index contributed by atoms with van der Waals surface area (Å²) in [6.07, 6.45) is 0. The van der Waals surface area contributed by atoms with Crippen molar-refractivity contribution in [2.75, 3.05) is 0 Å². The number of amides is 2. The van der Waals surface area contributed by atoms with Crippen LogP contribution in [-0.2, 0) is 0 Å². The highest BCUT2D eigenvalue weighted by molar-refractivity contribution is 5.70. The number of hydroxylamine groups is 1. The van der Waals surface area contributed by atoms with E-state index in [1.165, 1.54) is 0 Å². The monoisotopic (exact) mass is 121 g/mol. The largest absolute Gasteiger partial charge is 0.396 e. The van der Waals surface area contributed by atoms with Gasteiger partial charge in [-0.3, -0.25) is 5.21 Å². The molecule has 0 heterocycles. The Labute approximate surface area is 43.4 Å². The molecule has 3 N–H and O–H groups in total. The van der Waals surface area contributed by atoms with Gasteiger partial charge in [-0.25, -0.2) is 20.4 Å². The molecule has 0 fully saturated rings. The van der Waals surface area contributed by atoms with E-state index in [1.54, 1.807) is 0 Å². The SMILES string of the molecule is O=C(NO)N[N+](=O)[O-]. The zero-order valence-corrected chi connectivity index (χ0v) is 3.62. The minimum atomic E-state index is -1.27. The van der Waals surface area contributed by atoms with Crippen LogP contribution in [0.5, 0.6) is 0 Å². The van der Waals surface area contributed by atoms with Crippen molar-refractivity contribution in [3.63, 3.8) is 0 Å². The normalized spacial score (nSPS) is 7.62. The standard InChI is InChI=1S/CH3N3O4/c5-1(3-6)2-4(7)8/h6H,(H2,2,3,5). The van der Waals surface area contributed by atoms with Crippen LogP contribution in [0.4, 0.5) is 4.79 Å². The first-order valence-electron chi connectivity index (χ1n) is 1.52. The third-order valence-electron chi connectivity index (χ3n) is 0.294. The van der Waals surface area contributed by atoms with E-state index in [9.17, 15) is 14.9 Å². The molecule has 0 aromatic rings. The van der Waals surface area contributed by atoms with E-state index >= 15 is 0 Å². The average Bonchev–Trinajstić information content (AvgIpc) is 1.65. The first kappa shape index (κ1) is 6.63. The van der Waals surface area contributed by atoms with Crippen molar-refractivity contribution >= 4 is 6.03 Å². The third kappa shape index (κ3) is 2.85. The molecule has 0 aliphatic carbocycles. The van der Waals surface area contributed by atoms with Gasteiger partial charge in [0.05, 0.1) is 0 Å². The molecule has 0 bridgehead atoms. The van der Waals surface area contributed by atoms with Crippen LogP contribution in [0.2, 0.25) is 0 Å². The van der Waals surface area contributed by atoms with Crippen molar-refractivity contribution in [2.45, 2.75) is 0 Å². The van der Waals surface area contributed by atoms with Crippen LogP contribution in [0.25, 0.3) is 0 Å². The summed E-state index contributed by atoms with van der Waals surface area (Å²) in [4.78, 5) is 19.0. The van der Waals surface area contributed by atoms with Crippen LogP contribution in [0.1, 0.15) is 0 Å². The Bertz CT molecular complexity index is 110. The Morgan fingerprint density at radius 3 is 2.38 bits per heavy atom. The molecular weight excluding hydrogens is 118 g/mol. The van der Waals surface area contributed by atoms with Crippen LogP contribution >= 0.6 is 0 Å². The lowest BCUT2D eigenvalue weighted by Crippen LogP contribution is -2.36. The number of urea groups is 1. The van der Waals surface area contributed by atoms with Crippen LogP contribution in [-0.4, -0.2) is 16.3 Å². The predicted molar refractivity (Wildman–Crippen MR) is 20.4 cm³/mol. The lowest BCUT2D eigenvalue weighted by atomic mass is 11.1. The van der Waals surface area contributed by atoms with Gasteiger partial charge in [-0.05, 0) is 5.43 Å². The lowest BCUT2D eigenvalue weighted by molar-refractivity contribution is -0.528. The second-order valence-electron chi connectivity index (χ2n) is 0.810. The number of carbonyl (C=O) groups is 1. The topological polar surface area (TPSA) is 104 Å². The number of hydrogen-bond donors (Lipinski definition) is 3. The van der Waals surface area contributed by atoms with Gasteiger partial charge in [-0.15, -0.1) is 0 Å². The van der Waals surface area contributed by atoms with E-state index in [2.05, 4.69) is 0 Å². The number of carbonyl (C=O) groups excluding carboxylic acids is 1. The molecule has 0 aliphatic heterocycles. The summed E-state index contributed by atoms with van der Waals surface area (Å²) < 4.78 is 0. The van der Waals surface area contributed by atoms with E-state index in [1.807, 2.05) is 0 Å². The van der Waals surface area contributed by atoms with E-state index in [-0.39, 0.29) is 0 Å². The molecule has 0 saturated heterocycles. The molecule has 8 heavy (non-hydrogen) atoms. The molecule has 0 aromatic carbocycles. The smallest absolute Gasteiger partial charge is 0.287 e. The van der Waals surface area contributed by atoms with Crippen molar-refractivity contribution in [3.05, 3.63) is 10.1 Å². The summed E-state index contributed by atoms with van der Waals surface area (Å²) in [5, 5.41) is 15.8. The van der Waals surface area contributed by atoms with Gasteiger partial charge in [0, 0.05) is 0 Å². The molecule has 0 spiro atoms. The third-order valence-corrected chi connectivity index (χ3v) is 0.294. The minimum absolute atomic E-state index is 1.00. The van der Waals surface area contributed by atoms with E-state index in [0.29, 0.717) is 0 Å². The molecule has 0 aromatic heterocycles. The Kier molecular flexibility index (Phi) is 2.28. The number of nitrogens with zero attached hydrogens (tertiary/aromatic N) is 1. The van der Waals surface area contributed by atoms with Gasteiger partial charge in [-0.1, -0.05) is 0 Å². The highest BCUT2D eigenvalue weighted by atomic mass is 16.7. The molecule has 0 aliphatic rings. The summed E-state index contributed by atoms with van der Waals surface area (Å²) in [5.74, 6) is 0. The van der Waals surface area contributed by atoms with Crippen LogP contribution in [0.15, 0.2) is 0 Å². The fourth-order valence-corrected chi connectivity index (χ4v) is 0.108. The van der Waals surface area contributed by atoms with Gasteiger partial charge in [0.2, 0.25) is 0 Å². The number of nitro groups is 1. The quantitative estimate of drug-likeness (QED) is 0.232. The van der Waals surface area contributed by atoms with Crippen molar-refractivity contribution in [2.24, 2.45) is 0 Å². The van der Waals surface area contributed by atoms with Gasteiger partial charge < -0.3 is 0 Å². The van der Waals surface area contributed by atoms with Crippen molar-refractivity contribution in [3.8, 4) is 0 Å². The molecule has 7 nitrogen and oxygen atoms in total. The predicted octanol–water partition coefficient (Wildman–Crippen LogP) is -1.13. The molecule has 0 atom stereocenters. The van der Waals surface area contributed by atoms with Gasteiger partial charge >= 0.3 is 6.03 Å². The van der Waals surface area contributed by atoms with Crippen molar-refractivity contribution in [1.82, 2.24) is 10.9 Å². The van der Waals surface area contributed by atoms with Crippen LogP contribution in [0.3, 0.4) is 0 Å². The molecule has 2 amide bonds. The Hall–Kier alpha value is -1.37. The van der Waals surface area contributed by atoms with E-state index in [0.717, 1.165) is 10.9 Å². The lowest BCUT2D eigenvalue weighted by Gasteiger charge is -1.89. The number of hydrazine groups is 1. The molecule has 0 saturated carbocycles. The highest BCUT2D eigenvalue weighted by Crippen LogP contribution is 1.58. The fraction of sp³-hybridized carbons (Fsp3) is 0. The van der Waals surface area contributed by atoms with Crippen LogP contribution < -0.4 is 10.9 Å². The van der Waals surface area contributed by atoms with Gasteiger partial charge in [0.1, 0.15) is 0 Å². The maximum Gasteiger partial charge on any atom is 0.396 e.